The van der Waals surface area contributed by atoms with Crippen LogP contribution in [0.3, 0.4) is 0 Å². The van der Waals surface area contributed by atoms with E-state index >= 15 is 0 Å². The van der Waals surface area contributed by atoms with Crippen molar-refractivity contribution in [2.24, 2.45) is 0 Å². The second-order valence-electron chi connectivity index (χ2n) is 8.28. The van der Waals surface area contributed by atoms with Crippen LogP contribution in [0.1, 0.15) is 31.7 Å². The molecule has 0 spiro atoms. The van der Waals surface area contributed by atoms with Crippen LogP contribution in [-0.2, 0) is 9.59 Å². The highest BCUT2D eigenvalue weighted by molar-refractivity contribution is 5.92. The molecule has 1 aliphatic rings. The van der Waals surface area contributed by atoms with Crippen LogP contribution in [0.2, 0.25) is 0 Å². The number of anilines is 1. The van der Waals surface area contributed by atoms with Crippen LogP contribution in [0.15, 0.2) is 30.3 Å². The first-order valence-corrected chi connectivity index (χ1v) is 11.6. The number of nitrogens with one attached hydrogen (secondary N) is 1. The van der Waals surface area contributed by atoms with Crippen molar-refractivity contribution < 1.29 is 9.59 Å². The molecule has 1 N–H and O–H groups in total. The van der Waals surface area contributed by atoms with Gasteiger partial charge in [-0.15, -0.1) is 0 Å². The van der Waals surface area contributed by atoms with Gasteiger partial charge in [0.25, 0.3) is 0 Å². The van der Waals surface area contributed by atoms with E-state index in [-0.39, 0.29) is 11.8 Å². The quantitative estimate of drug-likeness (QED) is 0.648. The standard InChI is InChI=1S/C24H36N6O2/c1-5-29(6-2)23(32)18-28-16-14-27(15-17-28)13-12-22(31)25-24-19(3)26-30(20(24)4)21-10-8-7-9-11-21/h7-11H,5-6,12-18H2,1-4H3,(H,25,31). The maximum Gasteiger partial charge on any atom is 0.236 e. The van der Waals surface area contributed by atoms with Crippen molar-refractivity contribution in [3.8, 4) is 5.69 Å². The fraction of sp³-hybridized carbons (Fsp3) is 0.542. The van der Waals surface area contributed by atoms with Gasteiger partial charge in [-0.2, -0.15) is 5.10 Å². The van der Waals surface area contributed by atoms with Crippen LogP contribution < -0.4 is 5.32 Å². The molecule has 0 saturated carbocycles. The molecule has 1 aromatic heterocycles. The average Bonchev–Trinajstić information content (AvgIpc) is 3.08. The molecule has 0 atom stereocenters. The van der Waals surface area contributed by atoms with Crippen LogP contribution in [0.5, 0.6) is 0 Å². The first-order chi connectivity index (χ1) is 15.4. The SMILES string of the molecule is CCN(CC)C(=O)CN1CCN(CCC(=O)Nc2c(C)nn(-c3ccccc3)c2C)CC1. The van der Waals surface area contributed by atoms with E-state index in [1.165, 1.54) is 0 Å². The zero-order valence-electron chi connectivity index (χ0n) is 19.8. The highest BCUT2D eigenvalue weighted by atomic mass is 16.2. The largest absolute Gasteiger partial charge is 0.342 e. The zero-order valence-corrected chi connectivity index (χ0v) is 19.8. The smallest absolute Gasteiger partial charge is 0.236 e. The third-order valence-electron chi connectivity index (χ3n) is 6.15. The van der Waals surface area contributed by atoms with Crippen molar-refractivity contribution in [3.05, 3.63) is 41.7 Å². The summed E-state index contributed by atoms with van der Waals surface area (Å²) in [5, 5.41) is 7.65. The van der Waals surface area contributed by atoms with E-state index in [0.717, 1.165) is 62.0 Å². The Hall–Kier alpha value is -2.71. The normalized spacial score (nSPS) is 15.0. The molecule has 1 aliphatic heterocycles. The molecule has 0 bridgehead atoms. The molecule has 2 aromatic rings. The highest BCUT2D eigenvalue weighted by Gasteiger charge is 2.21. The summed E-state index contributed by atoms with van der Waals surface area (Å²) in [7, 11) is 0. The molecule has 0 aliphatic carbocycles. The van der Waals surface area contributed by atoms with Gasteiger partial charge in [0.05, 0.1) is 29.3 Å². The lowest BCUT2D eigenvalue weighted by Gasteiger charge is -2.35. The Bertz CT molecular complexity index is 899. The number of amides is 2. The molecule has 2 amide bonds. The minimum absolute atomic E-state index is 0.00273. The van der Waals surface area contributed by atoms with Crippen molar-refractivity contribution in [2.75, 3.05) is 57.7 Å². The molecule has 8 heteroatoms. The molecule has 1 saturated heterocycles. The van der Waals surface area contributed by atoms with Crippen LogP contribution in [0, 0.1) is 13.8 Å². The Morgan fingerprint density at radius 2 is 1.62 bits per heavy atom. The summed E-state index contributed by atoms with van der Waals surface area (Å²) in [6.07, 6.45) is 0.438. The second-order valence-corrected chi connectivity index (χ2v) is 8.28. The minimum atomic E-state index is 0.00273. The molecular weight excluding hydrogens is 404 g/mol. The lowest BCUT2D eigenvalue weighted by Crippen LogP contribution is -2.50. The van der Waals surface area contributed by atoms with Gasteiger partial charge in [-0.05, 0) is 39.8 Å². The first kappa shape index (κ1) is 23.9. The maximum atomic E-state index is 12.6. The predicted molar refractivity (Wildman–Crippen MR) is 127 cm³/mol. The van der Waals surface area contributed by atoms with E-state index < -0.39 is 0 Å². The molecule has 32 heavy (non-hydrogen) atoms. The maximum absolute atomic E-state index is 12.6. The molecule has 174 valence electrons. The molecule has 1 aromatic carbocycles. The fourth-order valence-electron chi connectivity index (χ4n) is 4.14. The summed E-state index contributed by atoms with van der Waals surface area (Å²) in [4.78, 5) is 31.3. The Kier molecular flexibility index (Phi) is 8.41. The molecule has 8 nitrogen and oxygen atoms in total. The van der Waals surface area contributed by atoms with Crippen molar-refractivity contribution >= 4 is 17.5 Å². The Morgan fingerprint density at radius 3 is 2.25 bits per heavy atom. The van der Waals surface area contributed by atoms with Crippen LogP contribution >= 0.6 is 0 Å². The Balaban J connectivity index is 1.45. The number of aromatic nitrogens is 2. The summed E-state index contributed by atoms with van der Waals surface area (Å²) in [6, 6.07) is 9.92. The van der Waals surface area contributed by atoms with E-state index in [0.29, 0.717) is 19.5 Å². The lowest BCUT2D eigenvalue weighted by molar-refractivity contribution is -0.132. The van der Waals surface area contributed by atoms with Gasteiger partial charge in [-0.25, -0.2) is 4.68 Å². The topological polar surface area (TPSA) is 73.7 Å². The van der Waals surface area contributed by atoms with Crippen LogP contribution in [0.25, 0.3) is 5.69 Å². The average molecular weight is 441 g/mol. The van der Waals surface area contributed by atoms with Gasteiger partial charge in [-0.1, -0.05) is 18.2 Å². The van der Waals surface area contributed by atoms with Gasteiger partial charge < -0.3 is 15.1 Å². The predicted octanol–water partition coefficient (Wildman–Crippen LogP) is 2.30. The number of hydrogen-bond donors (Lipinski definition) is 1. The van der Waals surface area contributed by atoms with E-state index in [1.807, 2.05) is 67.6 Å². The van der Waals surface area contributed by atoms with Gasteiger partial charge in [0.15, 0.2) is 0 Å². The number of aryl methyl sites for hydroxylation is 1. The third-order valence-corrected chi connectivity index (χ3v) is 6.15. The molecule has 0 radical (unpaired) electrons. The second kappa shape index (κ2) is 11.2. The van der Waals surface area contributed by atoms with Crippen LogP contribution in [0.4, 0.5) is 5.69 Å². The number of nitrogens with zero attached hydrogens (tertiary/aromatic N) is 5. The summed E-state index contributed by atoms with van der Waals surface area (Å²) in [6.45, 7) is 14.1. The lowest BCUT2D eigenvalue weighted by atomic mass is 10.2. The monoisotopic (exact) mass is 440 g/mol. The summed E-state index contributed by atoms with van der Waals surface area (Å²) in [5.74, 6) is 0.201. The van der Waals surface area contributed by atoms with E-state index in [2.05, 4.69) is 20.2 Å². The number of piperazine rings is 1. The molecule has 0 unspecified atom stereocenters. The number of carbonyl (C=O) groups is 2. The van der Waals surface area contributed by atoms with Crippen LogP contribution in [-0.4, -0.2) is 88.7 Å². The number of rotatable bonds is 9. The van der Waals surface area contributed by atoms with E-state index in [4.69, 9.17) is 0 Å². The molecule has 1 fully saturated rings. The van der Waals surface area contributed by atoms with Crippen molar-refractivity contribution in [2.45, 2.75) is 34.1 Å². The molecule has 3 rings (SSSR count). The summed E-state index contributed by atoms with van der Waals surface area (Å²) < 4.78 is 1.86. The van der Waals surface area contributed by atoms with Gasteiger partial charge in [-0.3, -0.25) is 14.5 Å². The van der Waals surface area contributed by atoms with Crippen molar-refractivity contribution in [1.82, 2.24) is 24.5 Å². The molecular formula is C24H36N6O2. The van der Waals surface area contributed by atoms with Crippen molar-refractivity contribution in [1.29, 1.82) is 0 Å². The number of carbonyl (C=O) groups excluding carboxylic acids is 2. The minimum Gasteiger partial charge on any atom is -0.342 e. The fourth-order valence-corrected chi connectivity index (χ4v) is 4.14. The van der Waals surface area contributed by atoms with Gasteiger partial charge in [0.1, 0.15) is 0 Å². The van der Waals surface area contributed by atoms with Gasteiger partial charge >= 0.3 is 0 Å². The third kappa shape index (κ3) is 5.95. The number of hydrogen-bond acceptors (Lipinski definition) is 5. The number of benzene rings is 1. The Labute approximate surface area is 191 Å². The van der Waals surface area contributed by atoms with E-state index in [9.17, 15) is 9.59 Å². The van der Waals surface area contributed by atoms with Gasteiger partial charge in [0, 0.05) is 52.2 Å². The zero-order chi connectivity index (χ0) is 23.1. The highest BCUT2D eigenvalue weighted by Crippen LogP contribution is 2.23. The van der Waals surface area contributed by atoms with E-state index in [1.54, 1.807) is 0 Å². The summed E-state index contributed by atoms with van der Waals surface area (Å²) >= 11 is 0. The summed E-state index contributed by atoms with van der Waals surface area (Å²) in [5.41, 5.74) is 3.50. The number of para-hydroxylation sites is 1. The first-order valence-electron chi connectivity index (χ1n) is 11.6. The molecule has 2 heterocycles. The number of likely N-dealkylation sites (N-methyl/N-ethyl adjacent to an activating group) is 1. The van der Waals surface area contributed by atoms with Crippen molar-refractivity contribution in [3.63, 3.8) is 0 Å². The Morgan fingerprint density at radius 1 is 1.00 bits per heavy atom. The van der Waals surface area contributed by atoms with Gasteiger partial charge in [0.2, 0.25) is 11.8 Å².